The number of benzene rings is 1. The largest absolute Gasteiger partial charge is 0.305 e. The fraction of sp³-hybridized carbons (Fsp3) is 0.0588. The maximum Gasteiger partial charge on any atom is 0.272 e. The molecule has 9 heteroatoms. The molecule has 0 radical (unpaired) electrons. The molecule has 1 N–H and O–H groups in total. The second kappa shape index (κ2) is 6.82. The molecule has 2 heterocycles. The van der Waals surface area contributed by atoms with Crippen LogP contribution in [-0.4, -0.2) is 25.6 Å². The van der Waals surface area contributed by atoms with Crippen molar-refractivity contribution in [2.45, 2.75) is 6.92 Å². The standard InChI is InChI=1S/C17H12N6O3/c1-11-8-12(5-6-14(11)23(25)26)17(24)21-16-13(9-18)10-20-22(16)15-4-2-3-7-19-15/h2-8,10H,1H3,(H,21,24). The Morgan fingerprint density at radius 1 is 1.35 bits per heavy atom. The highest BCUT2D eigenvalue weighted by Gasteiger charge is 2.18. The van der Waals surface area contributed by atoms with Crippen molar-refractivity contribution in [2.24, 2.45) is 0 Å². The van der Waals surface area contributed by atoms with Crippen LogP contribution in [0.3, 0.4) is 0 Å². The van der Waals surface area contributed by atoms with Gasteiger partial charge in [-0.15, -0.1) is 0 Å². The summed E-state index contributed by atoms with van der Waals surface area (Å²) in [4.78, 5) is 27.1. The summed E-state index contributed by atoms with van der Waals surface area (Å²) in [5, 5.41) is 26.9. The topological polar surface area (TPSA) is 127 Å². The lowest BCUT2D eigenvalue weighted by Gasteiger charge is -2.09. The molecule has 0 saturated heterocycles. The lowest BCUT2D eigenvalue weighted by molar-refractivity contribution is -0.385. The van der Waals surface area contributed by atoms with Gasteiger partial charge in [-0.05, 0) is 31.2 Å². The number of pyridine rings is 1. The van der Waals surface area contributed by atoms with E-state index in [1.165, 1.54) is 29.1 Å². The van der Waals surface area contributed by atoms with E-state index in [0.717, 1.165) is 0 Å². The maximum atomic E-state index is 12.5. The van der Waals surface area contributed by atoms with Gasteiger partial charge in [0.1, 0.15) is 11.6 Å². The van der Waals surface area contributed by atoms with Crippen molar-refractivity contribution in [3.63, 3.8) is 0 Å². The molecule has 0 fully saturated rings. The third kappa shape index (κ3) is 3.11. The van der Waals surface area contributed by atoms with Crippen molar-refractivity contribution in [3.05, 3.63) is 75.6 Å². The molecule has 26 heavy (non-hydrogen) atoms. The van der Waals surface area contributed by atoms with Crippen LogP contribution in [0.2, 0.25) is 0 Å². The smallest absolute Gasteiger partial charge is 0.272 e. The SMILES string of the molecule is Cc1cc(C(=O)Nc2c(C#N)cnn2-c2ccccn2)ccc1[N+](=O)[O-]. The zero-order chi connectivity index (χ0) is 18.7. The number of carbonyl (C=O) groups excluding carboxylic acids is 1. The molecule has 0 bridgehead atoms. The van der Waals surface area contributed by atoms with Crippen molar-refractivity contribution in [1.82, 2.24) is 14.8 Å². The number of nitro groups is 1. The van der Waals surface area contributed by atoms with Gasteiger partial charge in [0.15, 0.2) is 11.6 Å². The molecular formula is C17H12N6O3. The minimum atomic E-state index is -0.517. The average molecular weight is 348 g/mol. The Morgan fingerprint density at radius 3 is 2.77 bits per heavy atom. The number of nitrogens with one attached hydrogen (secondary N) is 1. The Labute approximate surface area is 147 Å². The molecule has 0 aliphatic carbocycles. The number of carbonyl (C=O) groups is 1. The van der Waals surface area contributed by atoms with E-state index in [4.69, 9.17) is 0 Å². The Kier molecular flexibility index (Phi) is 4.40. The Balaban J connectivity index is 1.95. The van der Waals surface area contributed by atoms with Gasteiger partial charge in [0.2, 0.25) is 0 Å². The number of nitro benzene ring substituents is 1. The molecule has 0 spiro atoms. The first-order chi connectivity index (χ1) is 12.5. The molecule has 0 atom stereocenters. The third-order valence-corrected chi connectivity index (χ3v) is 3.64. The van der Waals surface area contributed by atoms with Gasteiger partial charge in [0, 0.05) is 23.4 Å². The van der Waals surface area contributed by atoms with Crippen molar-refractivity contribution < 1.29 is 9.72 Å². The van der Waals surface area contributed by atoms with Crippen LogP contribution in [0.25, 0.3) is 5.82 Å². The van der Waals surface area contributed by atoms with Crippen LogP contribution in [0, 0.1) is 28.4 Å². The molecule has 0 unspecified atom stereocenters. The van der Waals surface area contributed by atoms with Crippen LogP contribution in [0.1, 0.15) is 21.5 Å². The summed E-state index contributed by atoms with van der Waals surface area (Å²) in [7, 11) is 0. The van der Waals surface area contributed by atoms with E-state index in [1.807, 2.05) is 6.07 Å². The maximum absolute atomic E-state index is 12.5. The number of nitrogens with zero attached hydrogens (tertiary/aromatic N) is 5. The molecule has 2 aromatic heterocycles. The number of anilines is 1. The second-order valence-electron chi connectivity index (χ2n) is 5.33. The Hall–Kier alpha value is -4.06. The lowest BCUT2D eigenvalue weighted by Crippen LogP contribution is -2.16. The highest BCUT2D eigenvalue weighted by molar-refractivity contribution is 6.04. The Morgan fingerprint density at radius 2 is 2.15 bits per heavy atom. The van der Waals surface area contributed by atoms with E-state index in [0.29, 0.717) is 11.4 Å². The van der Waals surface area contributed by atoms with Gasteiger partial charge < -0.3 is 5.32 Å². The average Bonchev–Trinajstić information content (AvgIpc) is 3.04. The Bertz CT molecular complexity index is 1040. The van der Waals surface area contributed by atoms with Crippen LogP contribution in [0.5, 0.6) is 0 Å². The molecule has 9 nitrogen and oxygen atoms in total. The molecule has 1 amide bonds. The van der Waals surface area contributed by atoms with Gasteiger partial charge in [-0.2, -0.15) is 15.0 Å². The van der Waals surface area contributed by atoms with Crippen LogP contribution >= 0.6 is 0 Å². The molecule has 1 aromatic carbocycles. The number of nitriles is 1. The van der Waals surface area contributed by atoms with Gasteiger partial charge in [-0.1, -0.05) is 6.07 Å². The van der Waals surface area contributed by atoms with Gasteiger partial charge >= 0.3 is 0 Å². The van der Waals surface area contributed by atoms with Crippen molar-refractivity contribution in [2.75, 3.05) is 5.32 Å². The summed E-state index contributed by atoms with van der Waals surface area (Å²) in [5.41, 5.74) is 0.688. The molecular weight excluding hydrogens is 336 g/mol. The fourth-order valence-electron chi connectivity index (χ4n) is 2.38. The minimum Gasteiger partial charge on any atom is -0.305 e. The van der Waals surface area contributed by atoms with Crippen LogP contribution in [0.15, 0.2) is 48.8 Å². The number of aromatic nitrogens is 3. The summed E-state index contributed by atoms with van der Waals surface area (Å²) < 4.78 is 1.34. The zero-order valence-electron chi connectivity index (χ0n) is 13.6. The molecule has 128 valence electrons. The van der Waals surface area contributed by atoms with Crippen LogP contribution in [-0.2, 0) is 0 Å². The lowest BCUT2D eigenvalue weighted by atomic mass is 10.1. The molecule has 0 aliphatic rings. The molecule has 0 saturated carbocycles. The van der Waals surface area contributed by atoms with Crippen molar-refractivity contribution in [3.8, 4) is 11.9 Å². The first kappa shape index (κ1) is 16.8. The number of hydrogen-bond donors (Lipinski definition) is 1. The van der Waals surface area contributed by atoms with Gasteiger partial charge in [0.25, 0.3) is 11.6 Å². The molecule has 3 aromatic rings. The fourth-order valence-corrected chi connectivity index (χ4v) is 2.38. The molecule has 0 aliphatic heterocycles. The van der Waals surface area contributed by atoms with E-state index in [9.17, 15) is 20.2 Å². The van der Waals surface area contributed by atoms with E-state index in [-0.39, 0.29) is 22.6 Å². The number of hydrogen-bond acceptors (Lipinski definition) is 6. The zero-order valence-corrected chi connectivity index (χ0v) is 13.6. The normalized spacial score (nSPS) is 10.2. The minimum absolute atomic E-state index is 0.0715. The van der Waals surface area contributed by atoms with Gasteiger partial charge in [-0.25, -0.2) is 4.98 Å². The third-order valence-electron chi connectivity index (χ3n) is 3.64. The van der Waals surface area contributed by atoms with E-state index in [1.54, 1.807) is 31.3 Å². The number of rotatable bonds is 4. The van der Waals surface area contributed by atoms with Crippen molar-refractivity contribution >= 4 is 17.4 Å². The first-order valence-corrected chi connectivity index (χ1v) is 7.47. The summed E-state index contributed by atoms with van der Waals surface area (Å²) in [6.07, 6.45) is 2.89. The van der Waals surface area contributed by atoms with Crippen LogP contribution < -0.4 is 5.32 Å². The first-order valence-electron chi connectivity index (χ1n) is 7.47. The second-order valence-corrected chi connectivity index (χ2v) is 5.33. The van der Waals surface area contributed by atoms with Gasteiger partial charge in [-0.3, -0.25) is 14.9 Å². The van der Waals surface area contributed by atoms with Crippen molar-refractivity contribution in [1.29, 1.82) is 5.26 Å². The number of amides is 1. The van der Waals surface area contributed by atoms with E-state index < -0.39 is 10.8 Å². The predicted molar refractivity (Wildman–Crippen MR) is 91.9 cm³/mol. The predicted octanol–water partition coefficient (Wildman–Crippen LogP) is 2.61. The monoisotopic (exact) mass is 348 g/mol. The quantitative estimate of drug-likeness (QED) is 0.570. The van der Waals surface area contributed by atoms with Gasteiger partial charge in [0.05, 0.1) is 11.1 Å². The van der Waals surface area contributed by atoms with E-state index >= 15 is 0 Å². The summed E-state index contributed by atoms with van der Waals surface area (Å²) in [5.74, 6) is 0.0913. The summed E-state index contributed by atoms with van der Waals surface area (Å²) in [6.45, 7) is 1.55. The van der Waals surface area contributed by atoms with E-state index in [2.05, 4.69) is 15.4 Å². The number of aryl methyl sites for hydroxylation is 1. The van der Waals surface area contributed by atoms with Crippen LogP contribution in [0.4, 0.5) is 11.5 Å². The highest BCUT2D eigenvalue weighted by atomic mass is 16.6. The molecule has 3 rings (SSSR count). The highest BCUT2D eigenvalue weighted by Crippen LogP contribution is 2.22. The summed E-state index contributed by atoms with van der Waals surface area (Å²) in [6, 6.07) is 11.2. The summed E-state index contributed by atoms with van der Waals surface area (Å²) >= 11 is 0.